The van der Waals surface area contributed by atoms with Gasteiger partial charge in [0, 0.05) is 18.0 Å². The van der Waals surface area contributed by atoms with Gasteiger partial charge in [0.2, 0.25) is 11.8 Å². The maximum Gasteiger partial charge on any atom is 0.243 e. The molecule has 1 aliphatic rings. The second-order valence-electron chi connectivity index (χ2n) is 4.01. The fraction of sp³-hybridized carbons (Fsp3) is 0.333. The molecule has 2 rings (SSSR count). The summed E-state index contributed by atoms with van der Waals surface area (Å²) in [6, 6.07) is 7.15. The fourth-order valence-corrected chi connectivity index (χ4v) is 1.99. The zero-order valence-electron chi connectivity index (χ0n) is 9.20. The lowest BCUT2D eigenvalue weighted by atomic mass is 10.1. The van der Waals surface area contributed by atoms with E-state index in [0.29, 0.717) is 24.4 Å². The molecule has 5 heteroatoms. The number of hydrogen-bond acceptors (Lipinski definition) is 3. The van der Waals surface area contributed by atoms with Crippen molar-refractivity contribution >= 4 is 23.4 Å². The van der Waals surface area contributed by atoms with E-state index in [9.17, 15) is 9.59 Å². The molecule has 2 amide bonds. The number of halogens is 1. The van der Waals surface area contributed by atoms with Crippen molar-refractivity contribution in [2.75, 3.05) is 0 Å². The summed E-state index contributed by atoms with van der Waals surface area (Å²) in [6.07, 6.45) is 0.935. The summed E-state index contributed by atoms with van der Waals surface area (Å²) in [6.45, 7) is 0.562. The van der Waals surface area contributed by atoms with E-state index in [1.807, 2.05) is 18.2 Å². The zero-order valence-corrected chi connectivity index (χ0v) is 9.96. The van der Waals surface area contributed by atoms with Gasteiger partial charge in [-0.25, -0.2) is 0 Å². The van der Waals surface area contributed by atoms with Gasteiger partial charge < -0.3 is 5.32 Å². The van der Waals surface area contributed by atoms with Gasteiger partial charge in [-0.05, 0) is 24.1 Å². The lowest BCUT2D eigenvalue weighted by Gasteiger charge is -2.21. The number of imide groups is 1. The van der Waals surface area contributed by atoms with Gasteiger partial charge in [-0.3, -0.25) is 14.9 Å². The number of hydrogen-bond donors (Lipinski definition) is 2. The molecule has 1 aliphatic heterocycles. The predicted molar refractivity (Wildman–Crippen MR) is 64.5 cm³/mol. The molecule has 0 radical (unpaired) electrons. The lowest BCUT2D eigenvalue weighted by molar-refractivity contribution is -0.134. The standard InChI is InChI=1S/C12H13ClN2O2/c13-9-3-1-2-8(6-9)7-14-10-4-5-11(16)15-12(10)17/h1-3,6,10,14H,4-5,7H2,(H,15,16,17). The molecule has 1 heterocycles. The summed E-state index contributed by atoms with van der Waals surface area (Å²) in [4.78, 5) is 22.4. The topological polar surface area (TPSA) is 58.2 Å². The van der Waals surface area contributed by atoms with Crippen LogP contribution >= 0.6 is 11.6 Å². The van der Waals surface area contributed by atoms with Gasteiger partial charge in [-0.2, -0.15) is 0 Å². The van der Waals surface area contributed by atoms with Crippen molar-refractivity contribution in [3.8, 4) is 0 Å². The van der Waals surface area contributed by atoms with Crippen LogP contribution in [0.5, 0.6) is 0 Å². The van der Waals surface area contributed by atoms with Gasteiger partial charge in [0.1, 0.15) is 0 Å². The Morgan fingerprint density at radius 1 is 1.41 bits per heavy atom. The maximum atomic E-state index is 11.5. The second kappa shape index (κ2) is 5.29. The zero-order chi connectivity index (χ0) is 12.3. The molecule has 1 atom stereocenters. The lowest BCUT2D eigenvalue weighted by Crippen LogP contribution is -2.50. The molecule has 0 spiro atoms. The van der Waals surface area contributed by atoms with Crippen molar-refractivity contribution in [2.45, 2.75) is 25.4 Å². The molecule has 1 saturated heterocycles. The second-order valence-corrected chi connectivity index (χ2v) is 4.45. The molecular formula is C12H13ClN2O2. The minimum atomic E-state index is -0.299. The van der Waals surface area contributed by atoms with E-state index in [0.717, 1.165) is 5.56 Å². The Morgan fingerprint density at radius 3 is 2.94 bits per heavy atom. The van der Waals surface area contributed by atoms with Crippen LogP contribution in [-0.4, -0.2) is 17.9 Å². The molecule has 1 aromatic rings. The summed E-state index contributed by atoms with van der Waals surface area (Å²) < 4.78 is 0. The van der Waals surface area contributed by atoms with Gasteiger partial charge in [0.25, 0.3) is 0 Å². The van der Waals surface area contributed by atoms with Crippen LogP contribution in [0, 0.1) is 0 Å². The maximum absolute atomic E-state index is 11.5. The summed E-state index contributed by atoms with van der Waals surface area (Å²) in [5.74, 6) is -0.445. The van der Waals surface area contributed by atoms with Crippen LogP contribution in [0.3, 0.4) is 0 Å². The molecule has 1 fully saturated rings. The van der Waals surface area contributed by atoms with E-state index >= 15 is 0 Å². The van der Waals surface area contributed by atoms with Crippen LogP contribution in [0.15, 0.2) is 24.3 Å². The molecule has 90 valence electrons. The monoisotopic (exact) mass is 252 g/mol. The van der Waals surface area contributed by atoms with E-state index in [2.05, 4.69) is 10.6 Å². The van der Waals surface area contributed by atoms with Gasteiger partial charge in [-0.1, -0.05) is 23.7 Å². The minimum absolute atomic E-state index is 0.198. The summed E-state index contributed by atoms with van der Waals surface area (Å²) in [5.41, 5.74) is 1.02. The first kappa shape index (κ1) is 12.1. The van der Waals surface area contributed by atoms with Crippen molar-refractivity contribution in [3.63, 3.8) is 0 Å². The third-order valence-electron chi connectivity index (χ3n) is 2.68. The first-order valence-corrected chi connectivity index (χ1v) is 5.84. The molecule has 0 aromatic heterocycles. The minimum Gasteiger partial charge on any atom is -0.302 e. The first-order valence-electron chi connectivity index (χ1n) is 5.46. The highest BCUT2D eigenvalue weighted by Gasteiger charge is 2.25. The van der Waals surface area contributed by atoms with Gasteiger partial charge in [-0.15, -0.1) is 0 Å². The molecule has 1 unspecified atom stereocenters. The number of piperidine rings is 1. The normalized spacial score (nSPS) is 20.2. The van der Waals surface area contributed by atoms with Crippen LogP contribution in [0.25, 0.3) is 0 Å². The highest BCUT2D eigenvalue weighted by molar-refractivity contribution is 6.30. The number of amides is 2. The number of benzene rings is 1. The van der Waals surface area contributed by atoms with Crippen molar-refractivity contribution in [1.82, 2.24) is 10.6 Å². The Balaban J connectivity index is 1.90. The molecule has 0 bridgehead atoms. The highest BCUT2D eigenvalue weighted by atomic mass is 35.5. The molecule has 0 aliphatic carbocycles. The van der Waals surface area contributed by atoms with Crippen molar-refractivity contribution in [2.24, 2.45) is 0 Å². The van der Waals surface area contributed by atoms with Crippen LogP contribution in [-0.2, 0) is 16.1 Å². The van der Waals surface area contributed by atoms with Gasteiger partial charge in [0.15, 0.2) is 0 Å². The quantitative estimate of drug-likeness (QED) is 0.796. The molecule has 17 heavy (non-hydrogen) atoms. The van der Waals surface area contributed by atoms with Crippen molar-refractivity contribution in [3.05, 3.63) is 34.9 Å². The van der Waals surface area contributed by atoms with Crippen LogP contribution in [0.1, 0.15) is 18.4 Å². The average Bonchev–Trinajstić information content (AvgIpc) is 2.28. The van der Waals surface area contributed by atoms with Crippen molar-refractivity contribution in [1.29, 1.82) is 0 Å². The number of carbonyl (C=O) groups excluding carboxylic acids is 2. The number of nitrogens with one attached hydrogen (secondary N) is 2. The van der Waals surface area contributed by atoms with Crippen LogP contribution in [0.4, 0.5) is 0 Å². The van der Waals surface area contributed by atoms with Crippen molar-refractivity contribution < 1.29 is 9.59 Å². The van der Waals surface area contributed by atoms with E-state index in [1.165, 1.54) is 0 Å². The molecular weight excluding hydrogens is 240 g/mol. The third-order valence-corrected chi connectivity index (χ3v) is 2.92. The highest BCUT2D eigenvalue weighted by Crippen LogP contribution is 2.11. The first-order chi connectivity index (χ1) is 8.15. The van der Waals surface area contributed by atoms with Crippen LogP contribution in [0.2, 0.25) is 5.02 Å². The van der Waals surface area contributed by atoms with E-state index in [-0.39, 0.29) is 17.9 Å². The smallest absolute Gasteiger partial charge is 0.243 e. The third kappa shape index (κ3) is 3.28. The Hall–Kier alpha value is -1.39. The summed E-state index contributed by atoms with van der Waals surface area (Å²) >= 11 is 5.86. The summed E-state index contributed by atoms with van der Waals surface area (Å²) in [7, 11) is 0. The fourth-order valence-electron chi connectivity index (χ4n) is 1.78. The number of rotatable bonds is 3. The molecule has 4 nitrogen and oxygen atoms in total. The molecule has 1 aromatic carbocycles. The van der Waals surface area contributed by atoms with E-state index in [1.54, 1.807) is 6.07 Å². The van der Waals surface area contributed by atoms with E-state index in [4.69, 9.17) is 11.6 Å². The summed E-state index contributed by atoms with van der Waals surface area (Å²) in [5, 5.41) is 6.10. The van der Waals surface area contributed by atoms with E-state index < -0.39 is 0 Å². The SMILES string of the molecule is O=C1CCC(NCc2cccc(Cl)c2)C(=O)N1. The predicted octanol–water partition coefficient (Wildman–Crippen LogP) is 1.23. The van der Waals surface area contributed by atoms with Crippen LogP contribution < -0.4 is 10.6 Å². The number of carbonyl (C=O) groups is 2. The Kier molecular flexibility index (Phi) is 3.76. The molecule has 0 saturated carbocycles. The Labute approximate surface area is 104 Å². The Morgan fingerprint density at radius 2 is 2.24 bits per heavy atom. The van der Waals surface area contributed by atoms with Gasteiger partial charge >= 0.3 is 0 Å². The largest absolute Gasteiger partial charge is 0.302 e. The van der Waals surface area contributed by atoms with Gasteiger partial charge in [0.05, 0.1) is 6.04 Å². The average molecular weight is 253 g/mol. The molecule has 2 N–H and O–H groups in total. The Bertz CT molecular complexity index is 448.